The van der Waals surface area contributed by atoms with Gasteiger partial charge >= 0.3 is 5.91 Å². The van der Waals surface area contributed by atoms with Crippen molar-refractivity contribution in [1.82, 2.24) is 9.88 Å². The van der Waals surface area contributed by atoms with E-state index in [1.807, 2.05) is 12.1 Å². The molecule has 0 N–H and O–H groups in total. The van der Waals surface area contributed by atoms with Crippen LogP contribution >= 0.6 is 23.4 Å². The Balaban J connectivity index is 1.78. The Morgan fingerprint density at radius 2 is 1.85 bits per heavy atom. The Morgan fingerprint density at radius 1 is 1.07 bits per heavy atom. The lowest BCUT2D eigenvalue weighted by molar-refractivity contribution is -0.138. The molecule has 3 aromatic rings. The van der Waals surface area contributed by atoms with Gasteiger partial charge in [0.1, 0.15) is 0 Å². The molecule has 1 aliphatic heterocycles. The van der Waals surface area contributed by atoms with Crippen molar-refractivity contribution < 1.29 is 14.4 Å². The second-order valence-corrected chi connectivity index (χ2v) is 7.53. The fourth-order valence-electron chi connectivity index (χ4n) is 3.01. The monoisotopic (exact) mass is 396 g/mol. The highest BCUT2D eigenvalue weighted by molar-refractivity contribution is 8.15. The summed E-state index contributed by atoms with van der Waals surface area (Å²) in [5.74, 6) is -0.803. The van der Waals surface area contributed by atoms with E-state index in [4.69, 9.17) is 11.6 Å². The maximum absolute atomic E-state index is 12.8. The van der Waals surface area contributed by atoms with E-state index in [1.165, 1.54) is 0 Å². The fourth-order valence-corrected chi connectivity index (χ4v) is 3.83. The number of aromatic nitrogens is 1. The number of nitrogens with zero attached hydrogens (tertiary/aromatic N) is 2. The molecule has 7 heteroatoms. The second-order valence-electron chi connectivity index (χ2n) is 6.03. The lowest BCUT2D eigenvalue weighted by Crippen LogP contribution is -2.45. The Kier molecular flexibility index (Phi) is 4.68. The molecule has 134 valence electrons. The molecular weight excluding hydrogens is 384 g/mol. The minimum Gasteiger partial charge on any atom is -0.276 e. The van der Waals surface area contributed by atoms with Gasteiger partial charge in [-0.1, -0.05) is 41.6 Å². The standard InChI is InChI=1S/C20H13ClN2O3S/c21-15-5-3-12(4-6-15)17-11-22-10-14-2-1-13(9-16(14)17)18(24)23-7-8-27-20(26)19(23)25/h1-6,9-11H,7-8H2. The van der Waals surface area contributed by atoms with Gasteiger partial charge in [-0.25, -0.2) is 0 Å². The van der Waals surface area contributed by atoms with Crippen molar-refractivity contribution in [2.24, 2.45) is 0 Å². The van der Waals surface area contributed by atoms with Crippen LogP contribution in [0, 0.1) is 0 Å². The lowest BCUT2D eigenvalue weighted by Gasteiger charge is -2.23. The van der Waals surface area contributed by atoms with Gasteiger partial charge in [0, 0.05) is 46.2 Å². The van der Waals surface area contributed by atoms with Gasteiger partial charge in [-0.15, -0.1) is 0 Å². The topological polar surface area (TPSA) is 67.3 Å². The van der Waals surface area contributed by atoms with Crippen molar-refractivity contribution in [3.63, 3.8) is 0 Å². The van der Waals surface area contributed by atoms with Gasteiger partial charge in [0.15, 0.2) is 0 Å². The largest absolute Gasteiger partial charge is 0.308 e. The summed E-state index contributed by atoms with van der Waals surface area (Å²) in [6.45, 7) is 0.229. The Hall–Kier alpha value is -2.70. The molecule has 0 radical (unpaired) electrons. The number of rotatable bonds is 2. The number of carbonyl (C=O) groups excluding carboxylic acids is 3. The molecule has 2 aromatic carbocycles. The second kappa shape index (κ2) is 7.13. The number of halogens is 1. The zero-order chi connectivity index (χ0) is 19.0. The first-order chi connectivity index (χ1) is 13.0. The number of imide groups is 1. The van der Waals surface area contributed by atoms with Crippen molar-refractivity contribution >= 4 is 51.1 Å². The van der Waals surface area contributed by atoms with Crippen molar-refractivity contribution in [2.75, 3.05) is 12.3 Å². The third kappa shape index (κ3) is 3.34. The van der Waals surface area contributed by atoms with E-state index in [9.17, 15) is 14.4 Å². The van der Waals surface area contributed by atoms with E-state index in [0.29, 0.717) is 16.3 Å². The summed E-state index contributed by atoms with van der Waals surface area (Å²) >= 11 is 6.91. The molecule has 2 heterocycles. The Labute approximate surface area is 164 Å². The summed E-state index contributed by atoms with van der Waals surface area (Å²) in [5.41, 5.74) is 2.13. The van der Waals surface area contributed by atoms with Crippen LogP contribution in [0.3, 0.4) is 0 Å². The number of hydrogen-bond acceptors (Lipinski definition) is 5. The van der Waals surface area contributed by atoms with E-state index in [2.05, 4.69) is 4.98 Å². The van der Waals surface area contributed by atoms with E-state index >= 15 is 0 Å². The molecular formula is C20H13ClN2O3S. The van der Waals surface area contributed by atoms with Crippen LogP contribution in [0.2, 0.25) is 5.02 Å². The van der Waals surface area contributed by atoms with E-state index in [1.54, 1.807) is 42.7 Å². The van der Waals surface area contributed by atoms with Crippen LogP contribution in [0.1, 0.15) is 10.4 Å². The molecule has 1 aromatic heterocycles. The molecule has 0 spiro atoms. The SMILES string of the molecule is O=C1SCCN(C(=O)c2ccc3cncc(-c4ccc(Cl)cc4)c3c2)C1=O. The summed E-state index contributed by atoms with van der Waals surface area (Å²) in [5, 5.41) is 1.74. The molecule has 4 rings (SSSR count). The van der Waals surface area contributed by atoms with Crippen LogP contribution in [-0.4, -0.2) is 39.1 Å². The summed E-state index contributed by atoms with van der Waals surface area (Å²) in [6.07, 6.45) is 3.45. The zero-order valence-corrected chi connectivity index (χ0v) is 15.6. The number of benzene rings is 2. The maximum Gasteiger partial charge on any atom is 0.308 e. The fraction of sp³-hybridized carbons (Fsp3) is 0.100. The van der Waals surface area contributed by atoms with Crippen LogP contribution in [0.5, 0.6) is 0 Å². The van der Waals surface area contributed by atoms with E-state index < -0.39 is 16.9 Å². The maximum atomic E-state index is 12.8. The van der Waals surface area contributed by atoms with Crippen molar-refractivity contribution in [1.29, 1.82) is 0 Å². The number of amides is 2. The van der Waals surface area contributed by atoms with Crippen molar-refractivity contribution in [2.45, 2.75) is 0 Å². The first kappa shape index (κ1) is 17.7. The quantitative estimate of drug-likeness (QED) is 0.487. The van der Waals surface area contributed by atoms with Gasteiger partial charge in [0.25, 0.3) is 11.0 Å². The molecule has 1 aliphatic rings. The lowest BCUT2D eigenvalue weighted by atomic mass is 9.99. The van der Waals surface area contributed by atoms with Crippen LogP contribution in [0.15, 0.2) is 54.9 Å². The van der Waals surface area contributed by atoms with Crippen molar-refractivity contribution in [3.8, 4) is 11.1 Å². The zero-order valence-electron chi connectivity index (χ0n) is 14.0. The predicted octanol–water partition coefficient (Wildman–Crippen LogP) is 3.80. The van der Waals surface area contributed by atoms with E-state index in [-0.39, 0.29) is 6.54 Å². The normalized spacial score (nSPS) is 14.6. The van der Waals surface area contributed by atoms with Crippen LogP contribution < -0.4 is 0 Å². The highest BCUT2D eigenvalue weighted by atomic mass is 35.5. The first-order valence-electron chi connectivity index (χ1n) is 8.21. The third-order valence-electron chi connectivity index (χ3n) is 4.38. The Morgan fingerprint density at radius 3 is 2.63 bits per heavy atom. The molecule has 0 unspecified atom stereocenters. The average Bonchev–Trinajstić information content (AvgIpc) is 2.69. The van der Waals surface area contributed by atoms with Crippen LogP contribution in [0.25, 0.3) is 21.9 Å². The summed E-state index contributed by atoms with van der Waals surface area (Å²) in [7, 11) is 0. The number of thioether (sulfide) groups is 1. The highest BCUT2D eigenvalue weighted by Crippen LogP contribution is 2.30. The predicted molar refractivity (Wildman–Crippen MR) is 106 cm³/mol. The third-order valence-corrected chi connectivity index (χ3v) is 5.45. The molecule has 0 bridgehead atoms. The number of fused-ring (bicyclic) bond motifs is 1. The van der Waals surface area contributed by atoms with Gasteiger partial charge in [0.05, 0.1) is 0 Å². The van der Waals surface area contributed by atoms with Crippen LogP contribution in [-0.2, 0) is 9.59 Å². The molecule has 27 heavy (non-hydrogen) atoms. The van der Waals surface area contributed by atoms with Gasteiger partial charge < -0.3 is 0 Å². The minimum absolute atomic E-state index is 0.229. The molecule has 1 fully saturated rings. The summed E-state index contributed by atoms with van der Waals surface area (Å²) < 4.78 is 0. The number of pyridine rings is 1. The summed E-state index contributed by atoms with van der Waals surface area (Å²) in [4.78, 5) is 41.7. The molecule has 1 saturated heterocycles. The molecule has 5 nitrogen and oxygen atoms in total. The molecule has 0 atom stereocenters. The van der Waals surface area contributed by atoms with Crippen molar-refractivity contribution in [3.05, 3.63) is 65.4 Å². The number of carbonyl (C=O) groups is 3. The van der Waals surface area contributed by atoms with Gasteiger partial charge in [-0.3, -0.25) is 24.3 Å². The highest BCUT2D eigenvalue weighted by Gasteiger charge is 2.32. The average molecular weight is 397 g/mol. The molecule has 2 amide bonds. The Bertz CT molecular complexity index is 1080. The van der Waals surface area contributed by atoms with Gasteiger partial charge in [0.2, 0.25) is 0 Å². The smallest absolute Gasteiger partial charge is 0.276 e. The molecule has 0 saturated carbocycles. The van der Waals surface area contributed by atoms with Gasteiger partial charge in [-0.2, -0.15) is 0 Å². The van der Waals surface area contributed by atoms with Gasteiger partial charge in [-0.05, 0) is 35.2 Å². The van der Waals surface area contributed by atoms with Crippen LogP contribution in [0.4, 0.5) is 0 Å². The minimum atomic E-state index is -0.760. The number of hydrogen-bond donors (Lipinski definition) is 0. The first-order valence-corrected chi connectivity index (χ1v) is 9.57. The molecule has 0 aliphatic carbocycles. The van der Waals surface area contributed by atoms with E-state index in [0.717, 1.165) is 38.6 Å². The summed E-state index contributed by atoms with van der Waals surface area (Å²) in [6, 6.07) is 12.5.